The Hall–Kier alpha value is -4.01. The molecule has 0 radical (unpaired) electrons. The van der Waals surface area contributed by atoms with E-state index in [1.165, 1.54) is 0 Å². The molecule has 3 heterocycles. The molecule has 0 spiro atoms. The zero-order valence-electron chi connectivity index (χ0n) is 21.3. The minimum absolute atomic E-state index is 0.0318. The van der Waals surface area contributed by atoms with E-state index in [2.05, 4.69) is 4.90 Å². The molecule has 2 unspecified atom stereocenters. The number of anilines is 1. The van der Waals surface area contributed by atoms with Crippen molar-refractivity contribution in [2.45, 2.75) is 43.9 Å². The van der Waals surface area contributed by atoms with Crippen LogP contribution < -0.4 is 4.90 Å². The summed E-state index contributed by atoms with van der Waals surface area (Å²) in [4.78, 5) is 32.2. The van der Waals surface area contributed by atoms with Gasteiger partial charge in [-0.2, -0.15) is 4.31 Å². The molecule has 1 aromatic heterocycles. The smallest absolute Gasteiger partial charge is 0.296 e. The van der Waals surface area contributed by atoms with E-state index in [0.29, 0.717) is 42.1 Å². The molecular formula is C25H26N6O7S. The second kappa shape index (κ2) is 10.3. The molecule has 14 heteroatoms. The first-order valence-electron chi connectivity index (χ1n) is 12.3. The summed E-state index contributed by atoms with van der Waals surface area (Å²) in [7, 11) is -4.38. The van der Waals surface area contributed by atoms with Crippen LogP contribution in [0, 0.1) is 20.2 Å². The Kier molecular flexibility index (Phi) is 7.01. The maximum absolute atomic E-state index is 13.7. The Bertz CT molecular complexity index is 1540. The number of sulfonamides is 1. The Morgan fingerprint density at radius 2 is 1.67 bits per heavy atom. The number of hydrogen-bond donors (Lipinski definition) is 0. The molecule has 2 aliphatic heterocycles. The number of nitrogens with zero attached hydrogens (tertiary/aromatic N) is 6. The third kappa shape index (κ3) is 5.17. The highest BCUT2D eigenvalue weighted by Crippen LogP contribution is 2.36. The molecule has 0 amide bonds. The van der Waals surface area contributed by atoms with Crippen molar-refractivity contribution < 1.29 is 23.0 Å². The third-order valence-electron chi connectivity index (χ3n) is 6.72. The first-order chi connectivity index (χ1) is 18.5. The molecule has 1 fully saturated rings. The number of hydrogen-bond acceptors (Lipinski definition) is 10. The number of non-ortho nitro benzene ring substituents is 1. The average molecular weight is 555 g/mol. The fourth-order valence-corrected chi connectivity index (χ4v) is 6.57. The Labute approximate surface area is 224 Å². The molecule has 2 aliphatic rings. The number of fused-ring (bicyclic) bond motifs is 1. The molecule has 0 saturated carbocycles. The quantitative estimate of drug-likeness (QED) is 0.326. The third-order valence-corrected chi connectivity index (χ3v) is 8.61. The van der Waals surface area contributed by atoms with E-state index in [1.54, 1.807) is 0 Å². The molecule has 2 atom stereocenters. The zero-order valence-corrected chi connectivity index (χ0v) is 22.1. The van der Waals surface area contributed by atoms with E-state index in [1.807, 2.05) is 44.2 Å². The lowest BCUT2D eigenvalue weighted by Crippen LogP contribution is -2.47. The highest BCUT2D eigenvalue weighted by atomic mass is 32.2. The topological polar surface area (TPSA) is 162 Å². The summed E-state index contributed by atoms with van der Waals surface area (Å²) in [5.74, 6) is 1.12. The normalized spacial score (nSPS) is 19.9. The van der Waals surface area contributed by atoms with Gasteiger partial charge in [-0.05, 0) is 19.9 Å². The van der Waals surface area contributed by atoms with Gasteiger partial charge in [0.15, 0.2) is 10.7 Å². The molecule has 5 rings (SSSR count). The lowest BCUT2D eigenvalue weighted by molar-refractivity contribution is -0.396. The van der Waals surface area contributed by atoms with Crippen LogP contribution in [0.5, 0.6) is 0 Å². The van der Waals surface area contributed by atoms with Crippen LogP contribution in [0.2, 0.25) is 0 Å². The van der Waals surface area contributed by atoms with Crippen LogP contribution >= 0.6 is 0 Å². The van der Waals surface area contributed by atoms with E-state index in [0.717, 1.165) is 22.0 Å². The van der Waals surface area contributed by atoms with Gasteiger partial charge < -0.3 is 9.64 Å². The number of aromatic nitrogens is 2. The van der Waals surface area contributed by atoms with E-state index in [-0.39, 0.29) is 31.7 Å². The predicted octanol–water partition coefficient (Wildman–Crippen LogP) is 3.32. The summed E-state index contributed by atoms with van der Waals surface area (Å²) in [6.45, 7) is 4.93. The van der Waals surface area contributed by atoms with E-state index < -0.39 is 36.1 Å². The highest BCUT2D eigenvalue weighted by molar-refractivity contribution is 7.89. The Balaban J connectivity index is 1.58. The van der Waals surface area contributed by atoms with Gasteiger partial charge in [0.05, 0.1) is 33.8 Å². The number of morpholine rings is 1. The average Bonchev–Trinajstić information content (AvgIpc) is 2.91. The van der Waals surface area contributed by atoms with Crippen LogP contribution in [0.3, 0.4) is 0 Å². The largest absolute Gasteiger partial charge is 0.372 e. The molecular weight excluding hydrogens is 528 g/mol. The van der Waals surface area contributed by atoms with Gasteiger partial charge in [-0.25, -0.2) is 18.4 Å². The second-order valence-corrected chi connectivity index (χ2v) is 11.5. The van der Waals surface area contributed by atoms with Crippen molar-refractivity contribution in [2.75, 3.05) is 24.5 Å². The summed E-state index contributed by atoms with van der Waals surface area (Å²) in [5.41, 5.74) is 0.740. The predicted molar refractivity (Wildman–Crippen MR) is 141 cm³/mol. The lowest BCUT2D eigenvalue weighted by atomic mass is 10.1. The van der Waals surface area contributed by atoms with Crippen molar-refractivity contribution in [1.29, 1.82) is 0 Å². The van der Waals surface area contributed by atoms with Crippen molar-refractivity contribution in [3.63, 3.8) is 0 Å². The Morgan fingerprint density at radius 1 is 0.974 bits per heavy atom. The number of benzene rings is 2. The summed E-state index contributed by atoms with van der Waals surface area (Å²) in [5, 5.41) is 22.8. The number of nitro benzene ring substituents is 2. The number of ether oxygens (including phenoxy) is 1. The van der Waals surface area contributed by atoms with Gasteiger partial charge in [0.2, 0.25) is 10.0 Å². The molecule has 3 aromatic rings. The summed E-state index contributed by atoms with van der Waals surface area (Å²) < 4.78 is 34.4. The monoisotopic (exact) mass is 554 g/mol. The van der Waals surface area contributed by atoms with Crippen molar-refractivity contribution in [1.82, 2.24) is 14.3 Å². The van der Waals surface area contributed by atoms with Gasteiger partial charge in [0.25, 0.3) is 11.4 Å². The molecule has 1 saturated heterocycles. The maximum atomic E-state index is 13.7. The fraction of sp³-hybridized carbons (Fsp3) is 0.360. The molecule has 13 nitrogen and oxygen atoms in total. The van der Waals surface area contributed by atoms with Gasteiger partial charge in [-0.15, -0.1) is 0 Å². The molecule has 0 N–H and O–H groups in total. The Morgan fingerprint density at radius 3 is 2.31 bits per heavy atom. The maximum Gasteiger partial charge on any atom is 0.296 e. The van der Waals surface area contributed by atoms with Crippen LogP contribution in [0.25, 0.3) is 11.4 Å². The van der Waals surface area contributed by atoms with Gasteiger partial charge in [0.1, 0.15) is 5.82 Å². The molecule has 2 aromatic carbocycles. The summed E-state index contributed by atoms with van der Waals surface area (Å²) in [6, 6.07) is 12.0. The standard InChI is InChI=1S/C25H26N6O7S/c1-16-13-28(14-17(2)38-16)25-20-15-29(11-10-21(20)26-24(27-25)18-6-4-3-5-7-18)39(36,37)23-9-8-19(30(32)33)12-22(23)31(34)35/h3-9,12,16-17H,10-11,13-15H2,1-2H3. The van der Waals surface area contributed by atoms with Gasteiger partial charge in [-0.3, -0.25) is 20.2 Å². The molecule has 204 valence electrons. The lowest BCUT2D eigenvalue weighted by Gasteiger charge is -2.38. The van der Waals surface area contributed by atoms with Gasteiger partial charge in [-0.1, -0.05) is 30.3 Å². The van der Waals surface area contributed by atoms with Crippen molar-refractivity contribution in [3.05, 3.63) is 80.0 Å². The molecule has 0 aliphatic carbocycles. The molecule has 0 bridgehead atoms. The minimum Gasteiger partial charge on any atom is -0.372 e. The van der Waals surface area contributed by atoms with Gasteiger partial charge >= 0.3 is 0 Å². The zero-order chi connectivity index (χ0) is 27.9. The van der Waals surface area contributed by atoms with Crippen molar-refractivity contribution in [2.24, 2.45) is 0 Å². The van der Waals surface area contributed by atoms with Crippen molar-refractivity contribution >= 4 is 27.2 Å². The van der Waals surface area contributed by atoms with Crippen LogP contribution in [0.1, 0.15) is 25.1 Å². The summed E-state index contributed by atoms with van der Waals surface area (Å²) in [6.07, 6.45) is 0.108. The first kappa shape index (κ1) is 26.6. The van der Waals surface area contributed by atoms with E-state index in [4.69, 9.17) is 14.7 Å². The van der Waals surface area contributed by atoms with Gasteiger partial charge in [0, 0.05) is 49.8 Å². The summed E-state index contributed by atoms with van der Waals surface area (Å²) >= 11 is 0. The van der Waals surface area contributed by atoms with Crippen LogP contribution in [0.4, 0.5) is 17.2 Å². The second-order valence-electron chi connectivity index (χ2n) is 9.58. The van der Waals surface area contributed by atoms with Crippen LogP contribution in [-0.4, -0.2) is 64.4 Å². The highest BCUT2D eigenvalue weighted by Gasteiger charge is 2.38. The number of rotatable bonds is 6. The number of nitro groups is 2. The van der Waals surface area contributed by atoms with E-state index in [9.17, 15) is 28.6 Å². The first-order valence-corrected chi connectivity index (χ1v) is 13.8. The van der Waals surface area contributed by atoms with Crippen LogP contribution in [0.15, 0.2) is 53.4 Å². The SMILES string of the molecule is CC1CN(c2nc(-c3ccccc3)nc3c2CN(S(=O)(=O)c2ccc([N+](=O)[O-])cc2[N+](=O)[O-])CC3)CC(C)O1. The minimum atomic E-state index is -4.38. The van der Waals surface area contributed by atoms with Crippen LogP contribution in [-0.2, 0) is 27.7 Å². The van der Waals surface area contributed by atoms with Crippen molar-refractivity contribution in [3.8, 4) is 11.4 Å². The van der Waals surface area contributed by atoms with E-state index >= 15 is 0 Å². The fourth-order valence-electron chi connectivity index (χ4n) is 5.03. The molecule has 39 heavy (non-hydrogen) atoms.